The Balaban J connectivity index is 1.15. The highest BCUT2D eigenvalue weighted by molar-refractivity contribution is 7.26. The maximum absolute atomic E-state index is 5.37. The molecule has 0 spiro atoms. The second kappa shape index (κ2) is 11.0. The molecule has 3 heterocycles. The van der Waals surface area contributed by atoms with Crippen LogP contribution in [0.4, 0.5) is 0 Å². The van der Waals surface area contributed by atoms with Crippen molar-refractivity contribution < 1.29 is 0 Å². The average Bonchev–Trinajstić information content (AvgIpc) is 3.67. The first-order valence-corrected chi connectivity index (χ1v) is 17.8. The summed E-state index contributed by atoms with van der Waals surface area (Å²) in [7, 11) is 0. The molecule has 0 saturated heterocycles. The Morgan fingerprint density at radius 1 is 0.460 bits per heavy atom. The summed E-state index contributed by atoms with van der Waals surface area (Å²) in [5.74, 6) is 0.719. The van der Waals surface area contributed by atoms with Gasteiger partial charge in [0.15, 0.2) is 5.82 Å². The molecule has 0 fully saturated rings. The Bertz CT molecular complexity index is 2790. The van der Waals surface area contributed by atoms with Gasteiger partial charge in [0, 0.05) is 48.5 Å². The number of thiophene rings is 1. The van der Waals surface area contributed by atoms with Crippen molar-refractivity contribution in [1.82, 2.24) is 15.0 Å². The Kier molecular flexibility index (Phi) is 6.39. The fraction of sp³-hybridized carbons (Fsp3) is 0.0652. The predicted octanol–water partition coefficient (Wildman–Crippen LogP) is 12.4. The lowest BCUT2D eigenvalue weighted by Gasteiger charge is -2.21. The van der Waals surface area contributed by atoms with Crippen LogP contribution >= 0.6 is 11.3 Å². The van der Waals surface area contributed by atoms with E-state index < -0.39 is 0 Å². The Morgan fingerprint density at radius 2 is 1.12 bits per heavy atom. The van der Waals surface area contributed by atoms with Gasteiger partial charge in [-0.1, -0.05) is 141 Å². The summed E-state index contributed by atoms with van der Waals surface area (Å²) >= 11 is 1.82. The zero-order chi connectivity index (χ0) is 33.4. The normalized spacial score (nSPS) is 13.2. The van der Waals surface area contributed by atoms with E-state index in [-0.39, 0.29) is 5.41 Å². The lowest BCUT2D eigenvalue weighted by molar-refractivity contribution is 0.660. The molecule has 0 aliphatic heterocycles. The van der Waals surface area contributed by atoms with Gasteiger partial charge in [-0.2, -0.15) is 0 Å². The van der Waals surface area contributed by atoms with Crippen LogP contribution in [0.5, 0.6) is 0 Å². The summed E-state index contributed by atoms with van der Waals surface area (Å²) in [4.78, 5) is 15.8. The molecule has 0 N–H and O–H groups in total. The third kappa shape index (κ3) is 4.45. The third-order valence-electron chi connectivity index (χ3n) is 10.3. The van der Waals surface area contributed by atoms with E-state index in [4.69, 9.17) is 15.0 Å². The van der Waals surface area contributed by atoms with E-state index in [0.29, 0.717) is 0 Å². The number of benzene rings is 6. The maximum atomic E-state index is 5.37. The van der Waals surface area contributed by atoms with Gasteiger partial charge in [-0.25, -0.2) is 15.0 Å². The summed E-state index contributed by atoms with van der Waals surface area (Å²) in [5.41, 5.74) is 13.1. The van der Waals surface area contributed by atoms with Crippen LogP contribution in [-0.2, 0) is 5.41 Å². The molecule has 9 aromatic rings. The van der Waals surface area contributed by atoms with Gasteiger partial charge in [-0.3, -0.25) is 0 Å². The molecule has 3 aromatic heterocycles. The fourth-order valence-corrected chi connectivity index (χ4v) is 8.94. The van der Waals surface area contributed by atoms with E-state index in [1.54, 1.807) is 0 Å². The van der Waals surface area contributed by atoms with E-state index >= 15 is 0 Å². The highest BCUT2D eigenvalue weighted by Crippen LogP contribution is 2.49. The fourth-order valence-electron chi connectivity index (χ4n) is 7.76. The predicted molar refractivity (Wildman–Crippen MR) is 210 cm³/mol. The van der Waals surface area contributed by atoms with Crippen LogP contribution in [0, 0.1) is 0 Å². The number of hydrogen-bond acceptors (Lipinski definition) is 4. The van der Waals surface area contributed by atoms with Crippen LogP contribution in [0.1, 0.15) is 25.0 Å². The van der Waals surface area contributed by atoms with E-state index in [1.165, 1.54) is 42.4 Å². The number of pyridine rings is 1. The molecule has 1 aliphatic carbocycles. The summed E-state index contributed by atoms with van der Waals surface area (Å²) in [6.45, 7) is 4.63. The lowest BCUT2D eigenvalue weighted by atomic mass is 9.82. The van der Waals surface area contributed by atoms with Gasteiger partial charge in [0.2, 0.25) is 0 Å². The van der Waals surface area contributed by atoms with E-state index in [0.717, 1.165) is 56.1 Å². The molecule has 10 rings (SSSR count). The molecule has 0 unspecified atom stereocenters. The van der Waals surface area contributed by atoms with E-state index in [9.17, 15) is 0 Å². The van der Waals surface area contributed by atoms with Crippen molar-refractivity contribution in [2.45, 2.75) is 19.3 Å². The van der Waals surface area contributed by atoms with Crippen molar-refractivity contribution in [3.63, 3.8) is 0 Å². The molecule has 0 bridgehead atoms. The van der Waals surface area contributed by atoms with Crippen LogP contribution in [0.3, 0.4) is 0 Å². The average molecular weight is 658 g/mol. The van der Waals surface area contributed by atoms with Crippen LogP contribution in [0.25, 0.3) is 87.4 Å². The quantitative estimate of drug-likeness (QED) is 0.189. The van der Waals surface area contributed by atoms with Crippen molar-refractivity contribution in [1.29, 1.82) is 0 Å². The first kappa shape index (κ1) is 29.0. The molecule has 0 radical (unpaired) electrons. The van der Waals surface area contributed by atoms with Crippen LogP contribution < -0.4 is 0 Å². The maximum Gasteiger partial charge on any atom is 0.160 e. The van der Waals surface area contributed by atoms with Gasteiger partial charge in [0.25, 0.3) is 0 Å². The smallest absolute Gasteiger partial charge is 0.160 e. The summed E-state index contributed by atoms with van der Waals surface area (Å²) < 4.78 is 2.49. The van der Waals surface area contributed by atoms with Gasteiger partial charge in [-0.05, 0) is 46.5 Å². The molecule has 0 amide bonds. The molecule has 236 valence electrons. The molecule has 1 aliphatic rings. The number of aromatic nitrogens is 3. The number of hydrogen-bond donors (Lipinski definition) is 0. The van der Waals surface area contributed by atoms with E-state index in [1.807, 2.05) is 17.4 Å². The summed E-state index contributed by atoms with van der Waals surface area (Å²) in [6, 6.07) is 53.9. The minimum absolute atomic E-state index is 0.110. The van der Waals surface area contributed by atoms with Crippen LogP contribution in [-0.4, -0.2) is 15.0 Å². The van der Waals surface area contributed by atoms with E-state index in [2.05, 4.69) is 159 Å². The second-order valence-corrected chi connectivity index (χ2v) is 14.7. The SMILES string of the molecule is CC1(C)c2ccccc2-c2ccc(-c3nc(-c4ccccc4)cc(-c4cccc(-c5nc6c7ccccc7sc6c6ccccc56)c4)n3)cc21. The Labute approximate surface area is 294 Å². The van der Waals surface area contributed by atoms with Gasteiger partial charge >= 0.3 is 0 Å². The largest absolute Gasteiger partial charge is 0.246 e. The zero-order valence-corrected chi connectivity index (χ0v) is 28.5. The molecule has 0 saturated carbocycles. The highest BCUT2D eigenvalue weighted by atomic mass is 32.1. The van der Waals surface area contributed by atoms with Crippen molar-refractivity contribution in [2.24, 2.45) is 0 Å². The highest BCUT2D eigenvalue weighted by Gasteiger charge is 2.35. The number of rotatable bonds is 4. The van der Waals surface area contributed by atoms with Crippen molar-refractivity contribution in [2.75, 3.05) is 0 Å². The molecule has 6 aromatic carbocycles. The second-order valence-electron chi connectivity index (χ2n) is 13.6. The first-order chi connectivity index (χ1) is 24.5. The molecule has 0 atom stereocenters. The topological polar surface area (TPSA) is 38.7 Å². The monoisotopic (exact) mass is 657 g/mol. The molecule has 50 heavy (non-hydrogen) atoms. The van der Waals surface area contributed by atoms with Crippen molar-refractivity contribution in [3.05, 3.63) is 163 Å². The van der Waals surface area contributed by atoms with Gasteiger partial charge in [0.05, 0.1) is 27.3 Å². The molecule has 3 nitrogen and oxygen atoms in total. The zero-order valence-electron chi connectivity index (χ0n) is 27.7. The van der Waals surface area contributed by atoms with Crippen molar-refractivity contribution >= 4 is 42.4 Å². The summed E-state index contributed by atoms with van der Waals surface area (Å²) in [6.07, 6.45) is 0. The summed E-state index contributed by atoms with van der Waals surface area (Å²) in [5, 5.41) is 3.58. The van der Waals surface area contributed by atoms with Gasteiger partial charge < -0.3 is 0 Å². The van der Waals surface area contributed by atoms with Crippen LogP contribution in [0.2, 0.25) is 0 Å². The number of nitrogens with zero attached hydrogens (tertiary/aromatic N) is 3. The Morgan fingerprint density at radius 3 is 1.98 bits per heavy atom. The first-order valence-electron chi connectivity index (χ1n) is 17.0. The molecular weight excluding hydrogens is 627 g/mol. The van der Waals surface area contributed by atoms with Gasteiger partial charge in [0.1, 0.15) is 0 Å². The third-order valence-corrected chi connectivity index (χ3v) is 11.5. The minimum atomic E-state index is -0.110. The number of fused-ring (bicyclic) bond motifs is 8. The van der Waals surface area contributed by atoms with Crippen molar-refractivity contribution in [3.8, 4) is 56.3 Å². The molecule has 4 heteroatoms. The van der Waals surface area contributed by atoms with Gasteiger partial charge in [-0.15, -0.1) is 11.3 Å². The standard InChI is InChI=1S/C46H31N3S/c1-46(2)37-21-10-8-17-32(37)33-24-23-31(26-38(33)46)45-47-39(28-13-4-3-5-14-28)27-40(48-45)29-15-12-16-30(25-29)42-34-18-6-7-19-35(34)44-43(49-42)36-20-9-11-22-41(36)50-44/h3-27H,1-2H3. The Hall–Kier alpha value is -5.97. The van der Waals surface area contributed by atoms with Crippen LogP contribution in [0.15, 0.2) is 152 Å². The lowest BCUT2D eigenvalue weighted by Crippen LogP contribution is -2.15. The molecular formula is C46H31N3S. The minimum Gasteiger partial charge on any atom is -0.246 e.